The maximum Gasteiger partial charge on any atom is 0.0640 e. The monoisotopic (exact) mass is 277 g/mol. The predicted octanol–water partition coefficient (Wildman–Crippen LogP) is 3.81. The molecule has 3 heteroatoms. The average Bonchev–Trinajstić information content (AvgIpc) is 2.83. The minimum atomic E-state index is 0.519. The van der Waals surface area contributed by atoms with Crippen LogP contribution >= 0.6 is 0 Å². The normalized spacial score (nSPS) is 22.2. The van der Waals surface area contributed by atoms with Crippen molar-refractivity contribution in [2.75, 3.05) is 6.54 Å². The Morgan fingerprint density at radius 1 is 1.35 bits per heavy atom. The van der Waals surface area contributed by atoms with Gasteiger partial charge in [-0.25, -0.2) is 0 Å². The van der Waals surface area contributed by atoms with Crippen molar-refractivity contribution >= 4 is 0 Å². The third kappa shape index (κ3) is 3.43. The molecule has 3 nitrogen and oxygen atoms in total. The molecule has 0 amide bonds. The molecular weight excluding hydrogens is 246 g/mol. The molecule has 0 spiro atoms. The summed E-state index contributed by atoms with van der Waals surface area (Å²) < 4.78 is 2.16. The lowest BCUT2D eigenvalue weighted by molar-refractivity contribution is 0.396. The van der Waals surface area contributed by atoms with Gasteiger partial charge in [-0.2, -0.15) is 5.10 Å². The Labute approximate surface area is 124 Å². The quantitative estimate of drug-likeness (QED) is 0.783. The Morgan fingerprint density at radius 2 is 2.00 bits per heavy atom. The molecule has 1 aliphatic carbocycles. The molecule has 2 unspecified atom stereocenters. The van der Waals surface area contributed by atoms with Crippen LogP contribution in [0.5, 0.6) is 0 Å². The van der Waals surface area contributed by atoms with Gasteiger partial charge in [-0.1, -0.05) is 34.6 Å². The maximum atomic E-state index is 4.81. The summed E-state index contributed by atoms with van der Waals surface area (Å²) in [6.07, 6.45) is 6.88. The maximum absolute atomic E-state index is 4.81. The van der Waals surface area contributed by atoms with Gasteiger partial charge in [-0.05, 0) is 43.2 Å². The van der Waals surface area contributed by atoms with E-state index in [2.05, 4.69) is 56.9 Å². The van der Waals surface area contributed by atoms with Gasteiger partial charge in [-0.3, -0.25) is 4.68 Å². The van der Waals surface area contributed by atoms with E-state index < -0.39 is 0 Å². The Morgan fingerprint density at radius 3 is 2.50 bits per heavy atom. The summed E-state index contributed by atoms with van der Waals surface area (Å²) >= 11 is 0. The van der Waals surface area contributed by atoms with Gasteiger partial charge in [0.05, 0.1) is 11.7 Å². The second kappa shape index (κ2) is 6.30. The highest BCUT2D eigenvalue weighted by atomic mass is 15.3. The van der Waals surface area contributed by atoms with E-state index in [4.69, 9.17) is 5.10 Å². The lowest BCUT2D eigenvalue weighted by Gasteiger charge is -2.19. The van der Waals surface area contributed by atoms with E-state index in [-0.39, 0.29) is 0 Å². The van der Waals surface area contributed by atoms with Gasteiger partial charge >= 0.3 is 0 Å². The first-order chi connectivity index (χ1) is 9.51. The molecule has 0 saturated heterocycles. The zero-order valence-corrected chi connectivity index (χ0v) is 13.8. The van der Waals surface area contributed by atoms with Crippen LogP contribution in [-0.4, -0.2) is 22.4 Å². The fourth-order valence-corrected chi connectivity index (χ4v) is 3.39. The average molecular weight is 277 g/mol. The van der Waals surface area contributed by atoms with Crippen LogP contribution in [0.15, 0.2) is 12.3 Å². The largest absolute Gasteiger partial charge is 0.314 e. The number of nitrogens with zero attached hydrogens (tertiary/aromatic N) is 2. The summed E-state index contributed by atoms with van der Waals surface area (Å²) in [5, 5.41) is 8.47. The Kier molecular flexibility index (Phi) is 4.90. The number of likely N-dealkylation sites (N-methyl/N-ethyl adjacent to an activating group) is 1. The van der Waals surface area contributed by atoms with Crippen LogP contribution in [0.2, 0.25) is 0 Å². The number of hydrogen-bond donors (Lipinski definition) is 1. The third-order valence-corrected chi connectivity index (χ3v) is 4.95. The third-order valence-electron chi connectivity index (χ3n) is 4.95. The van der Waals surface area contributed by atoms with Gasteiger partial charge in [0.25, 0.3) is 0 Å². The number of nitrogens with one attached hydrogen (secondary N) is 1. The van der Waals surface area contributed by atoms with Gasteiger partial charge in [0.1, 0.15) is 0 Å². The fraction of sp³-hybridized carbons (Fsp3) is 0.824. The van der Waals surface area contributed by atoms with Crippen LogP contribution in [0, 0.1) is 11.3 Å². The van der Waals surface area contributed by atoms with E-state index in [9.17, 15) is 0 Å². The van der Waals surface area contributed by atoms with Crippen molar-refractivity contribution in [3.05, 3.63) is 18.0 Å². The Hall–Kier alpha value is -0.830. The van der Waals surface area contributed by atoms with Gasteiger partial charge in [0.15, 0.2) is 0 Å². The molecule has 0 aromatic carbocycles. The molecule has 1 aliphatic rings. The summed E-state index contributed by atoms with van der Waals surface area (Å²) in [4.78, 5) is 0. The van der Waals surface area contributed by atoms with E-state index in [1.165, 1.54) is 12.1 Å². The smallest absolute Gasteiger partial charge is 0.0640 e. The Bertz CT molecular complexity index is 418. The number of rotatable bonds is 8. The van der Waals surface area contributed by atoms with Gasteiger partial charge in [-0.15, -0.1) is 0 Å². The molecule has 0 radical (unpaired) electrons. The molecule has 1 N–H and O–H groups in total. The molecule has 2 atom stereocenters. The van der Waals surface area contributed by atoms with Gasteiger partial charge in [0, 0.05) is 18.7 Å². The lowest BCUT2D eigenvalue weighted by Crippen LogP contribution is -2.34. The van der Waals surface area contributed by atoms with Crippen molar-refractivity contribution in [1.82, 2.24) is 15.1 Å². The minimum absolute atomic E-state index is 0.519. The minimum Gasteiger partial charge on any atom is -0.314 e. The summed E-state index contributed by atoms with van der Waals surface area (Å²) in [7, 11) is 0. The standard InChI is InChI=1S/C17H31N3/c1-6-14(7-2)20-10-9-13(19-20)11-16(18-8-3)15-12-17(15,4)5/h9-10,14-16,18H,6-8,11-12H2,1-5H3. The summed E-state index contributed by atoms with van der Waals surface area (Å²) in [5.41, 5.74) is 1.76. The highest BCUT2D eigenvalue weighted by Gasteiger charge is 2.49. The molecular formula is C17H31N3. The predicted molar refractivity (Wildman–Crippen MR) is 84.9 cm³/mol. The first-order valence-electron chi connectivity index (χ1n) is 8.29. The van der Waals surface area contributed by atoms with E-state index >= 15 is 0 Å². The van der Waals surface area contributed by atoms with E-state index in [1.54, 1.807) is 0 Å². The molecule has 20 heavy (non-hydrogen) atoms. The van der Waals surface area contributed by atoms with Crippen molar-refractivity contribution in [1.29, 1.82) is 0 Å². The molecule has 1 heterocycles. The number of hydrogen-bond acceptors (Lipinski definition) is 2. The van der Waals surface area contributed by atoms with Crippen molar-refractivity contribution < 1.29 is 0 Å². The summed E-state index contributed by atoms with van der Waals surface area (Å²) in [6.45, 7) is 12.5. The van der Waals surface area contributed by atoms with Crippen molar-refractivity contribution in [3.8, 4) is 0 Å². The highest BCUT2D eigenvalue weighted by molar-refractivity contribution is 5.09. The Balaban J connectivity index is 2.00. The number of aromatic nitrogens is 2. The van der Waals surface area contributed by atoms with Crippen LogP contribution < -0.4 is 5.32 Å². The molecule has 2 rings (SSSR count). The van der Waals surface area contributed by atoms with E-state index in [1.807, 2.05) is 0 Å². The van der Waals surface area contributed by atoms with Crippen LogP contribution in [0.3, 0.4) is 0 Å². The van der Waals surface area contributed by atoms with Crippen molar-refractivity contribution in [3.63, 3.8) is 0 Å². The van der Waals surface area contributed by atoms with E-state index in [0.717, 1.165) is 31.7 Å². The molecule has 1 saturated carbocycles. The molecule has 0 aliphatic heterocycles. The fourth-order valence-electron chi connectivity index (χ4n) is 3.39. The van der Waals surface area contributed by atoms with E-state index in [0.29, 0.717) is 17.5 Å². The first-order valence-corrected chi connectivity index (χ1v) is 8.29. The zero-order chi connectivity index (χ0) is 14.8. The zero-order valence-electron chi connectivity index (χ0n) is 13.8. The van der Waals surface area contributed by atoms with Crippen LogP contribution in [0.1, 0.15) is 65.6 Å². The van der Waals surface area contributed by atoms with Gasteiger partial charge < -0.3 is 5.32 Å². The lowest BCUT2D eigenvalue weighted by atomic mass is 10.00. The van der Waals surface area contributed by atoms with Crippen LogP contribution in [0.4, 0.5) is 0 Å². The summed E-state index contributed by atoms with van der Waals surface area (Å²) in [6, 6.07) is 3.34. The second-order valence-electron chi connectivity index (χ2n) is 6.92. The molecule has 0 bridgehead atoms. The molecule has 1 fully saturated rings. The molecule has 1 aromatic rings. The van der Waals surface area contributed by atoms with Crippen LogP contribution in [-0.2, 0) is 6.42 Å². The SMILES string of the molecule is CCNC(Cc1ccn(C(CC)CC)n1)C1CC1(C)C. The van der Waals surface area contributed by atoms with Crippen LogP contribution in [0.25, 0.3) is 0 Å². The molecule has 1 aromatic heterocycles. The topological polar surface area (TPSA) is 29.9 Å². The highest BCUT2D eigenvalue weighted by Crippen LogP contribution is 2.53. The summed E-state index contributed by atoms with van der Waals surface area (Å²) in [5.74, 6) is 0.806. The van der Waals surface area contributed by atoms with Gasteiger partial charge in [0.2, 0.25) is 0 Å². The second-order valence-corrected chi connectivity index (χ2v) is 6.92. The first kappa shape index (κ1) is 15.6. The molecule has 114 valence electrons. The van der Waals surface area contributed by atoms with Crippen molar-refractivity contribution in [2.24, 2.45) is 11.3 Å². The van der Waals surface area contributed by atoms with Crippen molar-refractivity contribution in [2.45, 2.75) is 72.4 Å².